The summed E-state index contributed by atoms with van der Waals surface area (Å²) in [6, 6.07) is 9.97. The molecule has 0 radical (unpaired) electrons. The van der Waals surface area contributed by atoms with Crippen LogP contribution >= 0.6 is 0 Å². The Labute approximate surface area is 181 Å². The van der Waals surface area contributed by atoms with E-state index in [0.717, 1.165) is 33.4 Å². The molecule has 3 N–H and O–H groups in total. The van der Waals surface area contributed by atoms with Crippen molar-refractivity contribution in [2.75, 3.05) is 12.3 Å². The summed E-state index contributed by atoms with van der Waals surface area (Å²) in [5, 5.41) is 11.4. The molecule has 4 aromatic rings. The Balaban J connectivity index is 1.85. The maximum Gasteiger partial charge on any atom is 0.152 e. The molecule has 0 saturated heterocycles. The molecular weight excluding hydrogens is 390 g/mol. The number of anilines is 1. The number of aliphatic hydroxyl groups is 1. The van der Waals surface area contributed by atoms with Crippen molar-refractivity contribution in [1.82, 2.24) is 19.5 Å². The van der Waals surface area contributed by atoms with E-state index in [-0.39, 0.29) is 0 Å². The van der Waals surface area contributed by atoms with Crippen LogP contribution in [0.2, 0.25) is 0 Å². The van der Waals surface area contributed by atoms with Gasteiger partial charge in [-0.3, -0.25) is 4.98 Å². The van der Waals surface area contributed by atoms with E-state index in [1.807, 2.05) is 60.2 Å². The molecule has 0 bridgehead atoms. The Kier molecular flexibility index (Phi) is 5.71. The largest absolute Gasteiger partial charge is 0.389 e. The van der Waals surface area contributed by atoms with Crippen molar-refractivity contribution in [3.8, 4) is 0 Å². The summed E-state index contributed by atoms with van der Waals surface area (Å²) < 4.78 is 7.61. The van der Waals surface area contributed by atoms with Gasteiger partial charge < -0.3 is 20.1 Å². The van der Waals surface area contributed by atoms with Crippen LogP contribution in [0.4, 0.5) is 5.82 Å². The number of nitrogens with zero attached hydrogens (tertiary/aromatic N) is 4. The van der Waals surface area contributed by atoms with Crippen molar-refractivity contribution in [2.45, 2.75) is 39.5 Å². The monoisotopic (exact) mass is 417 g/mol. The number of rotatable bonds is 7. The number of aromatic nitrogens is 4. The van der Waals surface area contributed by atoms with Gasteiger partial charge in [0.05, 0.1) is 23.2 Å². The summed E-state index contributed by atoms with van der Waals surface area (Å²) in [6.45, 7) is 6.78. The zero-order valence-corrected chi connectivity index (χ0v) is 18.0. The second-order valence-corrected chi connectivity index (χ2v) is 8.15. The molecule has 7 nitrogen and oxygen atoms in total. The third-order valence-corrected chi connectivity index (χ3v) is 4.94. The predicted molar refractivity (Wildman–Crippen MR) is 124 cm³/mol. The summed E-state index contributed by atoms with van der Waals surface area (Å²) in [5.74, 6) is 1.09. The summed E-state index contributed by atoms with van der Waals surface area (Å²) in [6.07, 6.45) is 7.59. The highest BCUT2D eigenvalue weighted by molar-refractivity contribution is 6.07. The Morgan fingerprint density at radius 3 is 2.68 bits per heavy atom. The minimum absolute atomic E-state index is 0.341. The van der Waals surface area contributed by atoms with Crippen molar-refractivity contribution < 1.29 is 9.84 Å². The van der Waals surface area contributed by atoms with Crippen LogP contribution < -0.4 is 5.73 Å². The lowest BCUT2D eigenvalue weighted by Gasteiger charge is -2.20. The number of nitrogen functional groups attached to an aromatic ring is 1. The summed E-state index contributed by atoms with van der Waals surface area (Å²) >= 11 is 0. The zero-order valence-electron chi connectivity index (χ0n) is 18.0. The van der Waals surface area contributed by atoms with Gasteiger partial charge in [0.15, 0.2) is 5.82 Å². The van der Waals surface area contributed by atoms with E-state index in [9.17, 15) is 5.11 Å². The number of fused-ring (bicyclic) bond motifs is 3. The van der Waals surface area contributed by atoms with Gasteiger partial charge in [0, 0.05) is 24.4 Å². The minimum Gasteiger partial charge on any atom is -0.389 e. The first-order valence-electron chi connectivity index (χ1n) is 10.3. The van der Waals surface area contributed by atoms with Gasteiger partial charge in [-0.1, -0.05) is 30.4 Å². The van der Waals surface area contributed by atoms with Crippen molar-refractivity contribution in [3.63, 3.8) is 0 Å². The Bertz CT molecular complexity index is 1240. The molecule has 4 rings (SSSR count). The number of hydrogen-bond acceptors (Lipinski definition) is 6. The molecule has 3 aromatic heterocycles. The number of ether oxygens (including phenoxy) is 1. The minimum atomic E-state index is -0.925. The molecule has 3 heterocycles. The van der Waals surface area contributed by atoms with Crippen LogP contribution in [0.15, 0.2) is 42.7 Å². The van der Waals surface area contributed by atoms with E-state index >= 15 is 0 Å². The van der Waals surface area contributed by atoms with Gasteiger partial charge in [0.25, 0.3) is 0 Å². The average molecular weight is 418 g/mol. The van der Waals surface area contributed by atoms with Crippen LogP contribution in [0.25, 0.3) is 34.1 Å². The van der Waals surface area contributed by atoms with E-state index in [4.69, 9.17) is 15.5 Å². The first-order chi connectivity index (χ1) is 14.9. The second-order valence-electron chi connectivity index (χ2n) is 8.15. The molecule has 31 heavy (non-hydrogen) atoms. The van der Waals surface area contributed by atoms with Crippen molar-refractivity contribution in [2.24, 2.45) is 0 Å². The number of hydrogen-bond donors (Lipinski definition) is 2. The van der Waals surface area contributed by atoms with Crippen LogP contribution in [0.1, 0.15) is 37.7 Å². The van der Waals surface area contributed by atoms with E-state index in [1.54, 1.807) is 20.0 Å². The van der Waals surface area contributed by atoms with Gasteiger partial charge in [-0.2, -0.15) is 0 Å². The number of pyridine rings is 2. The molecule has 7 heteroatoms. The molecule has 0 atom stereocenters. The van der Waals surface area contributed by atoms with Crippen molar-refractivity contribution >= 4 is 39.9 Å². The molecular formula is C24H27N5O2. The summed E-state index contributed by atoms with van der Waals surface area (Å²) in [7, 11) is 0. The lowest BCUT2D eigenvalue weighted by atomic mass is 10.1. The third kappa shape index (κ3) is 4.57. The Morgan fingerprint density at radius 1 is 1.16 bits per heavy atom. The zero-order chi connectivity index (χ0) is 22.0. The van der Waals surface area contributed by atoms with Gasteiger partial charge in [-0.15, -0.1) is 0 Å². The Hall–Kier alpha value is -3.29. The SMILES string of the molecule is CCOCc1nc2c(N)nc3cc(/C=C/c4cccnc4)ccc3c2n1CC(C)(C)O. The topological polar surface area (TPSA) is 99.1 Å². The Morgan fingerprint density at radius 2 is 1.97 bits per heavy atom. The third-order valence-electron chi connectivity index (χ3n) is 4.94. The molecule has 0 unspecified atom stereocenters. The summed E-state index contributed by atoms with van der Waals surface area (Å²) in [5.41, 5.74) is 9.67. The highest BCUT2D eigenvalue weighted by Gasteiger charge is 2.22. The van der Waals surface area contributed by atoms with Crippen LogP contribution in [0.3, 0.4) is 0 Å². The molecule has 0 saturated carbocycles. The molecule has 0 fully saturated rings. The lowest BCUT2D eigenvalue weighted by molar-refractivity contribution is 0.0582. The standard InChI is InChI=1S/C24H27N5O2/c1-4-31-14-20-28-21-22(29(20)15-24(2,3)30)18-10-9-16(12-19(18)27-23(21)25)7-8-17-6-5-11-26-13-17/h5-13,30H,4,14-15H2,1-3H3,(H2,25,27)/b8-7+. The van der Waals surface area contributed by atoms with E-state index < -0.39 is 5.60 Å². The van der Waals surface area contributed by atoms with Crippen molar-refractivity contribution in [3.05, 3.63) is 59.7 Å². The van der Waals surface area contributed by atoms with Gasteiger partial charge in [-0.05, 0) is 44.0 Å². The van der Waals surface area contributed by atoms with E-state index in [0.29, 0.717) is 31.1 Å². The number of nitrogens with two attached hydrogens (primary N) is 1. The maximum atomic E-state index is 10.5. The van der Waals surface area contributed by atoms with Crippen LogP contribution in [-0.4, -0.2) is 36.8 Å². The summed E-state index contributed by atoms with van der Waals surface area (Å²) in [4.78, 5) is 13.4. The first kappa shape index (κ1) is 21.0. The highest BCUT2D eigenvalue weighted by Crippen LogP contribution is 2.31. The molecule has 160 valence electrons. The molecule has 0 aliphatic carbocycles. The normalized spacial score (nSPS) is 12.4. The predicted octanol–water partition coefficient (Wildman–Crippen LogP) is 4.04. The van der Waals surface area contributed by atoms with E-state index in [2.05, 4.69) is 9.97 Å². The van der Waals surface area contributed by atoms with Gasteiger partial charge in [0.1, 0.15) is 17.9 Å². The first-order valence-corrected chi connectivity index (χ1v) is 10.3. The van der Waals surface area contributed by atoms with Crippen LogP contribution in [0.5, 0.6) is 0 Å². The fourth-order valence-electron chi connectivity index (χ4n) is 3.61. The van der Waals surface area contributed by atoms with Crippen LogP contribution in [-0.2, 0) is 17.9 Å². The van der Waals surface area contributed by atoms with Crippen LogP contribution in [0, 0.1) is 0 Å². The van der Waals surface area contributed by atoms with Gasteiger partial charge in [-0.25, -0.2) is 9.97 Å². The fourth-order valence-corrected chi connectivity index (χ4v) is 3.61. The quantitative estimate of drug-likeness (QED) is 0.471. The second kappa shape index (κ2) is 8.45. The van der Waals surface area contributed by atoms with Crippen molar-refractivity contribution in [1.29, 1.82) is 0 Å². The fraction of sp³-hybridized carbons (Fsp3) is 0.292. The molecule has 0 amide bonds. The number of imidazole rings is 1. The van der Waals surface area contributed by atoms with Gasteiger partial charge >= 0.3 is 0 Å². The number of benzene rings is 1. The molecule has 0 spiro atoms. The lowest BCUT2D eigenvalue weighted by Crippen LogP contribution is -2.27. The molecule has 0 aliphatic rings. The molecule has 0 aliphatic heterocycles. The molecule has 1 aromatic carbocycles. The van der Waals surface area contributed by atoms with Gasteiger partial charge in [0.2, 0.25) is 0 Å². The maximum absolute atomic E-state index is 10.5. The van der Waals surface area contributed by atoms with E-state index in [1.165, 1.54) is 0 Å². The average Bonchev–Trinajstić information content (AvgIpc) is 3.09. The highest BCUT2D eigenvalue weighted by atomic mass is 16.5. The smallest absolute Gasteiger partial charge is 0.152 e.